The molecule has 98 valence electrons. The largest absolute Gasteiger partial charge is 0.481 e. The van der Waals surface area contributed by atoms with Crippen molar-refractivity contribution in [3.8, 4) is 5.88 Å². The zero-order chi connectivity index (χ0) is 13.0. The average molecular weight is 251 g/mol. The molecule has 1 aliphatic heterocycles. The minimum atomic E-state index is -0.737. The molecule has 6 nitrogen and oxygen atoms in total. The van der Waals surface area contributed by atoms with Crippen LogP contribution in [-0.4, -0.2) is 41.2 Å². The summed E-state index contributed by atoms with van der Waals surface area (Å²) in [4.78, 5) is 21.2. The molecule has 0 amide bonds. The minimum absolute atomic E-state index is 0.184. The van der Waals surface area contributed by atoms with E-state index in [2.05, 4.69) is 14.9 Å². The molecule has 0 radical (unpaired) electrons. The molecule has 6 heteroatoms. The highest BCUT2D eigenvalue weighted by Gasteiger charge is 2.23. The van der Waals surface area contributed by atoms with Gasteiger partial charge < -0.3 is 14.7 Å². The van der Waals surface area contributed by atoms with Crippen LogP contribution in [0.4, 0.5) is 5.82 Å². The molecule has 0 spiro atoms. The van der Waals surface area contributed by atoms with Crippen molar-refractivity contribution in [2.45, 2.75) is 19.3 Å². The summed E-state index contributed by atoms with van der Waals surface area (Å²) in [6, 6.07) is 0. The summed E-state index contributed by atoms with van der Waals surface area (Å²) in [5.74, 6) is 0.681. The fourth-order valence-corrected chi connectivity index (χ4v) is 2.28. The Hall–Kier alpha value is -1.85. The fraction of sp³-hybridized carbons (Fsp3) is 0.583. The Labute approximate surface area is 106 Å². The Morgan fingerprint density at radius 2 is 2.44 bits per heavy atom. The van der Waals surface area contributed by atoms with Gasteiger partial charge in [-0.1, -0.05) is 0 Å². The lowest BCUT2D eigenvalue weighted by Crippen LogP contribution is -2.36. The molecule has 1 aromatic rings. The van der Waals surface area contributed by atoms with Crippen LogP contribution in [0.15, 0.2) is 12.4 Å². The molecule has 0 bridgehead atoms. The van der Waals surface area contributed by atoms with E-state index < -0.39 is 5.97 Å². The zero-order valence-electron chi connectivity index (χ0n) is 10.4. The van der Waals surface area contributed by atoms with Gasteiger partial charge in [-0.15, -0.1) is 0 Å². The number of carboxylic acids is 1. The lowest BCUT2D eigenvalue weighted by atomic mass is 9.95. The highest BCUT2D eigenvalue weighted by molar-refractivity contribution is 5.67. The number of piperidine rings is 1. The van der Waals surface area contributed by atoms with Gasteiger partial charge in [0.05, 0.1) is 19.5 Å². The van der Waals surface area contributed by atoms with E-state index in [0.717, 1.165) is 25.2 Å². The van der Waals surface area contributed by atoms with Crippen LogP contribution < -0.4 is 9.64 Å². The summed E-state index contributed by atoms with van der Waals surface area (Å²) in [7, 11) is 1.55. The molecule has 2 rings (SSSR count). The van der Waals surface area contributed by atoms with Crippen LogP contribution in [0.2, 0.25) is 0 Å². The summed E-state index contributed by atoms with van der Waals surface area (Å²) >= 11 is 0. The van der Waals surface area contributed by atoms with Gasteiger partial charge in [0.2, 0.25) is 5.88 Å². The highest BCUT2D eigenvalue weighted by Crippen LogP contribution is 2.24. The maximum absolute atomic E-state index is 10.7. The molecule has 1 saturated heterocycles. The van der Waals surface area contributed by atoms with Gasteiger partial charge in [-0.25, -0.2) is 0 Å². The van der Waals surface area contributed by atoms with Gasteiger partial charge in [0.15, 0.2) is 5.82 Å². The highest BCUT2D eigenvalue weighted by atomic mass is 16.5. The Morgan fingerprint density at radius 3 is 3.17 bits per heavy atom. The Morgan fingerprint density at radius 1 is 1.61 bits per heavy atom. The summed E-state index contributed by atoms with van der Waals surface area (Å²) in [6.07, 6.45) is 5.40. The number of carbonyl (C=O) groups is 1. The van der Waals surface area contributed by atoms with Gasteiger partial charge in [0.1, 0.15) is 0 Å². The first kappa shape index (κ1) is 12.6. The van der Waals surface area contributed by atoms with Gasteiger partial charge in [-0.2, -0.15) is 4.98 Å². The van der Waals surface area contributed by atoms with Crippen molar-refractivity contribution in [2.24, 2.45) is 5.92 Å². The summed E-state index contributed by atoms with van der Waals surface area (Å²) < 4.78 is 5.04. The number of anilines is 1. The number of aliphatic carboxylic acids is 1. The van der Waals surface area contributed by atoms with Crippen LogP contribution >= 0.6 is 0 Å². The number of rotatable bonds is 4. The molecule has 1 atom stereocenters. The minimum Gasteiger partial charge on any atom is -0.481 e. The van der Waals surface area contributed by atoms with Crippen molar-refractivity contribution in [1.29, 1.82) is 0 Å². The monoisotopic (exact) mass is 251 g/mol. The molecule has 0 aromatic carbocycles. The summed E-state index contributed by atoms with van der Waals surface area (Å²) in [5, 5.41) is 8.84. The molecular weight excluding hydrogens is 234 g/mol. The van der Waals surface area contributed by atoms with Crippen LogP contribution in [-0.2, 0) is 4.79 Å². The second-order valence-corrected chi connectivity index (χ2v) is 4.47. The topological polar surface area (TPSA) is 75.5 Å². The third-order valence-corrected chi connectivity index (χ3v) is 3.12. The van der Waals surface area contributed by atoms with Crippen molar-refractivity contribution in [1.82, 2.24) is 9.97 Å². The quantitative estimate of drug-likeness (QED) is 0.866. The second-order valence-electron chi connectivity index (χ2n) is 4.47. The van der Waals surface area contributed by atoms with Crippen LogP contribution in [0, 0.1) is 5.92 Å². The zero-order valence-corrected chi connectivity index (χ0v) is 10.4. The first-order valence-corrected chi connectivity index (χ1v) is 6.02. The second kappa shape index (κ2) is 5.66. The van der Waals surface area contributed by atoms with Crippen molar-refractivity contribution in [3.05, 3.63) is 12.4 Å². The van der Waals surface area contributed by atoms with E-state index in [9.17, 15) is 4.79 Å². The summed E-state index contributed by atoms with van der Waals surface area (Å²) in [5.41, 5.74) is 0. The van der Waals surface area contributed by atoms with E-state index in [1.54, 1.807) is 19.5 Å². The molecule has 1 N–H and O–H groups in total. The van der Waals surface area contributed by atoms with E-state index in [-0.39, 0.29) is 12.3 Å². The lowest BCUT2D eigenvalue weighted by Gasteiger charge is -2.32. The van der Waals surface area contributed by atoms with Gasteiger partial charge in [0, 0.05) is 19.5 Å². The molecule has 18 heavy (non-hydrogen) atoms. The van der Waals surface area contributed by atoms with Gasteiger partial charge in [-0.05, 0) is 18.8 Å². The lowest BCUT2D eigenvalue weighted by molar-refractivity contribution is -0.138. The number of carboxylic acid groups (broad SMARTS) is 1. The maximum atomic E-state index is 10.7. The standard InChI is InChI=1S/C12H17N3O3/c1-18-11-7-13-6-10(14-11)15-4-2-3-9(8-15)5-12(16)17/h6-7,9H,2-5,8H2,1H3,(H,16,17). The van der Waals surface area contributed by atoms with Gasteiger partial charge in [0.25, 0.3) is 0 Å². The number of ether oxygens (including phenoxy) is 1. The number of hydrogen-bond donors (Lipinski definition) is 1. The van der Waals surface area contributed by atoms with E-state index in [1.165, 1.54) is 0 Å². The van der Waals surface area contributed by atoms with E-state index in [1.807, 2.05) is 0 Å². The maximum Gasteiger partial charge on any atom is 0.303 e. The number of aromatic nitrogens is 2. The Bertz CT molecular complexity index is 425. The van der Waals surface area contributed by atoms with Crippen molar-refractivity contribution >= 4 is 11.8 Å². The predicted molar refractivity (Wildman–Crippen MR) is 65.8 cm³/mol. The van der Waals surface area contributed by atoms with Crippen molar-refractivity contribution in [2.75, 3.05) is 25.1 Å². The van der Waals surface area contributed by atoms with Crippen LogP contribution in [0.25, 0.3) is 0 Å². The first-order chi connectivity index (χ1) is 8.69. The molecule has 1 aromatic heterocycles. The van der Waals surface area contributed by atoms with Crippen LogP contribution in [0.3, 0.4) is 0 Å². The molecule has 0 aliphatic carbocycles. The van der Waals surface area contributed by atoms with Gasteiger partial charge in [-0.3, -0.25) is 9.78 Å². The Kier molecular flexibility index (Phi) is 3.96. The van der Waals surface area contributed by atoms with Crippen LogP contribution in [0.5, 0.6) is 5.88 Å². The van der Waals surface area contributed by atoms with E-state index in [0.29, 0.717) is 12.4 Å². The number of nitrogens with zero attached hydrogens (tertiary/aromatic N) is 3. The molecule has 1 aliphatic rings. The third-order valence-electron chi connectivity index (χ3n) is 3.12. The molecule has 2 heterocycles. The SMILES string of the molecule is COc1cncc(N2CCCC(CC(=O)O)C2)n1. The summed E-state index contributed by atoms with van der Waals surface area (Å²) in [6.45, 7) is 1.60. The predicted octanol–water partition coefficient (Wildman–Crippen LogP) is 1.18. The van der Waals surface area contributed by atoms with Crippen LogP contribution in [0.1, 0.15) is 19.3 Å². The smallest absolute Gasteiger partial charge is 0.303 e. The van der Waals surface area contributed by atoms with Gasteiger partial charge >= 0.3 is 5.97 Å². The number of methoxy groups -OCH3 is 1. The molecular formula is C12H17N3O3. The molecule has 1 unspecified atom stereocenters. The normalized spacial score (nSPS) is 19.6. The Balaban J connectivity index is 2.05. The fourth-order valence-electron chi connectivity index (χ4n) is 2.28. The van der Waals surface area contributed by atoms with E-state index >= 15 is 0 Å². The first-order valence-electron chi connectivity index (χ1n) is 6.02. The average Bonchev–Trinajstić information content (AvgIpc) is 2.38. The molecule has 1 fully saturated rings. The third kappa shape index (κ3) is 3.09. The molecule has 0 saturated carbocycles. The van der Waals surface area contributed by atoms with Crippen molar-refractivity contribution < 1.29 is 14.6 Å². The van der Waals surface area contributed by atoms with Crippen molar-refractivity contribution in [3.63, 3.8) is 0 Å². The van der Waals surface area contributed by atoms with E-state index in [4.69, 9.17) is 9.84 Å². The number of hydrogen-bond acceptors (Lipinski definition) is 5.